The Bertz CT molecular complexity index is 580. The van der Waals surface area contributed by atoms with Crippen LogP contribution >= 0.6 is 22.6 Å². The van der Waals surface area contributed by atoms with Gasteiger partial charge in [-0.05, 0) is 85.8 Å². The lowest BCUT2D eigenvalue weighted by Gasteiger charge is -2.21. The van der Waals surface area contributed by atoms with Gasteiger partial charge in [0.05, 0.1) is 5.52 Å². The van der Waals surface area contributed by atoms with Crippen molar-refractivity contribution < 1.29 is 0 Å². The molecule has 22 heavy (non-hydrogen) atoms. The third kappa shape index (κ3) is 5.09. The van der Waals surface area contributed by atoms with Crippen LogP contribution in [0.5, 0.6) is 0 Å². The predicted octanol–water partition coefficient (Wildman–Crippen LogP) is 4.76. The van der Waals surface area contributed by atoms with Crippen LogP contribution in [-0.4, -0.2) is 36.1 Å². The van der Waals surface area contributed by atoms with E-state index in [1.807, 2.05) is 6.20 Å². The van der Waals surface area contributed by atoms with Crippen LogP contribution < -0.4 is 5.32 Å². The molecule has 1 heterocycles. The average Bonchev–Trinajstić information content (AvgIpc) is 2.51. The molecule has 1 aromatic carbocycles. The second-order valence-corrected chi connectivity index (χ2v) is 6.89. The molecule has 0 unspecified atom stereocenters. The van der Waals surface area contributed by atoms with Crippen LogP contribution in [0.3, 0.4) is 0 Å². The summed E-state index contributed by atoms with van der Waals surface area (Å²) < 4.78 is 1.23. The van der Waals surface area contributed by atoms with Gasteiger partial charge in [0.1, 0.15) is 0 Å². The first-order valence-electron chi connectivity index (χ1n) is 8.25. The first kappa shape index (κ1) is 17.5. The second-order valence-electron chi connectivity index (χ2n) is 5.64. The van der Waals surface area contributed by atoms with Crippen LogP contribution in [0.25, 0.3) is 10.9 Å². The predicted molar refractivity (Wildman–Crippen MR) is 105 cm³/mol. The van der Waals surface area contributed by atoms with Crippen molar-refractivity contribution in [3.05, 3.63) is 34.0 Å². The number of hydrogen-bond acceptors (Lipinski definition) is 3. The molecule has 0 atom stereocenters. The van der Waals surface area contributed by atoms with Gasteiger partial charge in [-0.3, -0.25) is 4.98 Å². The molecule has 0 aliphatic rings. The minimum Gasteiger partial charge on any atom is -0.384 e. The van der Waals surface area contributed by atoms with Crippen LogP contribution in [0.4, 0.5) is 5.69 Å². The number of pyridine rings is 1. The number of aromatic nitrogens is 1. The number of hydrogen-bond donors (Lipinski definition) is 1. The summed E-state index contributed by atoms with van der Waals surface area (Å²) in [6, 6.07) is 8.50. The molecule has 0 saturated heterocycles. The minimum atomic E-state index is 1.01. The highest BCUT2D eigenvalue weighted by atomic mass is 127. The molecular weight excluding hydrogens is 385 g/mol. The fourth-order valence-corrected chi connectivity index (χ4v) is 3.24. The fourth-order valence-electron chi connectivity index (χ4n) is 2.77. The number of fused-ring (bicyclic) bond motifs is 1. The number of nitrogens with one attached hydrogen (secondary N) is 1. The zero-order valence-corrected chi connectivity index (χ0v) is 15.8. The molecule has 4 heteroatoms. The zero-order valence-electron chi connectivity index (χ0n) is 13.6. The van der Waals surface area contributed by atoms with E-state index in [2.05, 4.69) is 75.9 Å². The normalized spacial score (nSPS) is 11.3. The number of anilines is 1. The number of halogens is 1. The molecule has 0 aliphatic heterocycles. The maximum absolute atomic E-state index is 4.45. The van der Waals surface area contributed by atoms with Crippen LogP contribution in [0, 0.1) is 3.57 Å². The second kappa shape index (κ2) is 9.30. The molecule has 3 nitrogen and oxygen atoms in total. The molecule has 0 aliphatic carbocycles. The summed E-state index contributed by atoms with van der Waals surface area (Å²) in [5.41, 5.74) is 2.26. The highest BCUT2D eigenvalue weighted by Gasteiger charge is 2.04. The Morgan fingerprint density at radius 3 is 2.59 bits per heavy atom. The number of nitrogens with zero attached hydrogens (tertiary/aromatic N) is 2. The van der Waals surface area contributed by atoms with Gasteiger partial charge < -0.3 is 10.2 Å². The fraction of sp³-hybridized carbons (Fsp3) is 0.500. The number of rotatable bonds is 9. The summed E-state index contributed by atoms with van der Waals surface area (Å²) >= 11 is 2.33. The maximum Gasteiger partial charge on any atom is 0.0733 e. The lowest BCUT2D eigenvalue weighted by molar-refractivity contribution is 0.274. The van der Waals surface area contributed by atoms with Gasteiger partial charge in [0.25, 0.3) is 0 Å². The molecule has 0 fully saturated rings. The van der Waals surface area contributed by atoms with Gasteiger partial charge >= 0.3 is 0 Å². The summed E-state index contributed by atoms with van der Waals surface area (Å²) in [7, 11) is 0. The van der Waals surface area contributed by atoms with Gasteiger partial charge in [0.2, 0.25) is 0 Å². The van der Waals surface area contributed by atoms with Gasteiger partial charge in [0, 0.05) is 27.4 Å². The smallest absolute Gasteiger partial charge is 0.0733 e. The van der Waals surface area contributed by atoms with E-state index in [0.717, 1.165) is 12.1 Å². The van der Waals surface area contributed by atoms with Gasteiger partial charge in [-0.25, -0.2) is 0 Å². The molecule has 0 radical (unpaired) electrons. The van der Waals surface area contributed by atoms with Crippen LogP contribution in [-0.2, 0) is 0 Å². The van der Waals surface area contributed by atoms with E-state index in [1.54, 1.807) is 0 Å². The Labute approximate surface area is 147 Å². The van der Waals surface area contributed by atoms with E-state index in [-0.39, 0.29) is 0 Å². The number of benzene rings is 1. The van der Waals surface area contributed by atoms with E-state index in [1.165, 1.54) is 53.5 Å². The van der Waals surface area contributed by atoms with Gasteiger partial charge in [-0.2, -0.15) is 0 Å². The molecular formula is C18H26IN3. The lowest BCUT2D eigenvalue weighted by atomic mass is 10.2. The first-order valence-corrected chi connectivity index (χ1v) is 9.33. The molecule has 0 amide bonds. The van der Waals surface area contributed by atoms with Crippen LogP contribution in [0.1, 0.15) is 33.1 Å². The molecule has 0 spiro atoms. The third-order valence-electron chi connectivity index (χ3n) is 3.75. The Kier molecular flexibility index (Phi) is 7.39. The van der Waals surface area contributed by atoms with Gasteiger partial charge in [-0.15, -0.1) is 0 Å². The van der Waals surface area contributed by atoms with Crippen molar-refractivity contribution in [3.8, 4) is 0 Å². The Morgan fingerprint density at radius 1 is 1.09 bits per heavy atom. The minimum absolute atomic E-state index is 1.01. The third-order valence-corrected chi connectivity index (χ3v) is 4.42. The molecule has 120 valence electrons. The summed E-state index contributed by atoms with van der Waals surface area (Å²) in [6.07, 6.45) is 5.54. The van der Waals surface area contributed by atoms with Crippen molar-refractivity contribution in [1.29, 1.82) is 0 Å². The monoisotopic (exact) mass is 411 g/mol. The van der Waals surface area contributed by atoms with Crippen LogP contribution in [0.2, 0.25) is 0 Å². The lowest BCUT2D eigenvalue weighted by Crippen LogP contribution is -2.27. The van der Waals surface area contributed by atoms with E-state index >= 15 is 0 Å². The van der Waals surface area contributed by atoms with Crippen molar-refractivity contribution in [1.82, 2.24) is 9.88 Å². The zero-order chi connectivity index (χ0) is 15.8. The van der Waals surface area contributed by atoms with Crippen molar-refractivity contribution in [3.63, 3.8) is 0 Å². The van der Waals surface area contributed by atoms with Crippen molar-refractivity contribution in [2.75, 3.05) is 31.5 Å². The Hall–Kier alpha value is -0.880. The van der Waals surface area contributed by atoms with E-state index < -0.39 is 0 Å². The first-order chi connectivity index (χ1) is 10.7. The summed E-state index contributed by atoms with van der Waals surface area (Å²) in [4.78, 5) is 7.02. The SMILES string of the molecule is CCCN(CCC)CCCNc1ccnc2cc(I)ccc12. The summed E-state index contributed by atoms with van der Waals surface area (Å²) in [6.45, 7) is 9.12. The van der Waals surface area contributed by atoms with E-state index in [9.17, 15) is 0 Å². The average molecular weight is 411 g/mol. The van der Waals surface area contributed by atoms with E-state index in [0.29, 0.717) is 0 Å². The van der Waals surface area contributed by atoms with Crippen molar-refractivity contribution >= 4 is 39.2 Å². The molecule has 0 bridgehead atoms. The molecule has 0 saturated carbocycles. The van der Waals surface area contributed by atoms with E-state index in [4.69, 9.17) is 0 Å². The van der Waals surface area contributed by atoms with Crippen LogP contribution in [0.15, 0.2) is 30.5 Å². The largest absolute Gasteiger partial charge is 0.384 e. The van der Waals surface area contributed by atoms with Crippen molar-refractivity contribution in [2.45, 2.75) is 33.1 Å². The molecule has 2 aromatic rings. The van der Waals surface area contributed by atoms with Gasteiger partial charge in [-0.1, -0.05) is 13.8 Å². The molecule has 2 rings (SSSR count). The molecule has 1 N–H and O–H groups in total. The molecule has 1 aromatic heterocycles. The Morgan fingerprint density at radius 2 is 1.86 bits per heavy atom. The topological polar surface area (TPSA) is 28.2 Å². The Balaban J connectivity index is 1.89. The summed E-state index contributed by atoms with van der Waals surface area (Å²) in [5, 5.41) is 4.79. The highest BCUT2D eigenvalue weighted by Crippen LogP contribution is 2.23. The summed E-state index contributed by atoms with van der Waals surface area (Å²) in [5.74, 6) is 0. The maximum atomic E-state index is 4.45. The highest BCUT2D eigenvalue weighted by molar-refractivity contribution is 14.1. The quantitative estimate of drug-likeness (QED) is 0.476. The van der Waals surface area contributed by atoms with Crippen molar-refractivity contribution in [2.24, 2.45) is 0 Å². The standard InChI is InChI=1S/C18H26IN3/c1-3-11-22(12-4-2)13-5-9-20-17-8-10-21-18-14-15(19)6-7-16(17)18/h6-8,10,14H,3-5,9,11-13H2,1-2H3,(H,20,21). The van der Waals surface area contributed by atoms with Gasteiger partial charge in [0.15, 0.2) is 0 Å².